The molecule has 0 aliphatic carbocycles. The number of aliphatic imine (C=N–C) groups is 2. The van der Waals surface area contributed by atoms with Gasteiger partial charge < -0.3 is 26.8 Å². The lowest BCUT2D eigenvalue weighted by atomic mass is 9.95. The Hall–Kier alpha value is -3.70. The van der Waals surface area contributed by atoms with Gasteiger partial charge in [-0.05, 0) is 23.1 Å². The predicted molar refractivity (Wildman–Crippen MR) is 147 cm³/mol. The number of amides is 2. The normalized spacial score (nSPS) is 14.4. The fraction of sp³-hybridized carbons (Fsp3) is 0.346. The Bertz CT molecular complexity index is 1150. The van der Waals surface area contributed by atoms with Gasteiger partial charge in [0, 0.05) is 26.8 Å². The van der Waals surface area contributed by atoms with Crippen LogP contribution in [0.2, 0.25) is 0 Å². The predicted octanol–water partition coefficient (Wildman–Crippen LogP) is 1.74. The van der Waals surface area contributed by atoms with Gasteiger partial charge in [-0.25, -0.2) is 0 Å². The molecule has 198 valence electrons. The Morgan fingerprint density at radius 3 is 2.24 bits per heavy atom. The van der Waals surface area contributed by atoms with E-state index in [1.165, 1.54) is 11.8 Å². The second-order valence-corrected chi connectivity index (χ2v) is 9.69. The first-order valence-corrected chi connectivity index (χ1v) is 12.6. The summed E-state index contributed by atoms with van der Waals surface area (Å²) in [6.45, 7) is 3.07. The fourth-order valence-corrected chi connectivity index (χ4v) is 4.24. The van der Waals surface area contributed by atoms with E-state index in [4.69, 9.17) is 11.5 Å². The second-order valence-electron chi connectivity index (χ2n) is 8.59. The standard InChI is InChI=1S/C26H34N6O4S/c1-16(19-11-8-12-20(15-19)22(34)18-9-6-5-7-10-18)24(36)37-14-13-21(29-17(2)33)23(35)30-25(27)31-26(28)32(3)4/h5-12,15-16,21-22,34H,13-14H2,1-4H3,(H,29,33)(H4,27,28,30,31,35). The zero-order valence-electron chi connectivity index (χ0n) is 21.4. The molecule has 2 amide bonds. The highest BCUT2D eigenvalue weighted by atomic mass is 32.2. The van der Waals surface area contributed by atoms with Gasteiger partial charge in [0.1, 0.15) is 12.1 Å². The van der Waals surface area contributed by atoms with Crippen LogP contribution in [0.1, 0.15) is 49.0 Å². The first kappa shape index (κ1) is 29.5. The van der Waals surface area contributed by atoms with Gasteiger partial charge in [-0.2, -0.15) is 9.98 Å². The fourth-order valence-electron chi connectivity index (χ4n) is 3.30. The highest BCUT2D eigenvalue weighted by Crippen LogP contribution is 2.28. The number of benzene rings is 2. The number of nitrogens with zero attached hydrogens (tertiary/aromatic N) is 3. The molecule has 0 bridgehead atoms. The molecule has 2 aromatic carbocycles. The molecule has 2 aromatic rings. The van der Waals surface area contributed by atoms with Gasteiger partial charge in [0.2, 0.25) is 11.9 Å². The number of guanidine groups is 2. The van der Waals surface area contributed by atoms with Crippen molar-refractivity contribution in [1.82, 2.24) is 10.2 Å². The number of aliphatic hydroxyl groups excluding tert-OH is 1. The molecule has 37 heavy (non-hydrogen) atoms. The molecule has 0 spiro atoms. The number of thioether (sulfide) groups is 1. The summed E-state index contributed by atoms with van der Waals surface area (Å²) >= 11 is 1.06. The summed E-state index contributed by atoms with van der Waals surface area (Å²) in [6, 6.07) is 15.6. The maximum Gasteiger partial charge on any atom is 0.271 e. The van der Waals surface area contributed by atoms with Crippen LogP contribution in [0.5, 0.6) is 0 Å². The summed E-state index contributed by atoms with van der Waals surface area (Å²) in [5.41, 5.74) is 13.6. The Balaban J connectivity index is 2.02. The van der Waals surface area contributed by atoms with Crippen molar-refractivity contribution in [3.8, 4) is 0 Å². The van der Waals surface area contributed by atoms with Crippen molar-refractivity contribution in [3.05, 3.63) is 71.3 Å². The minimum absolute atomic E-state index is 0.0700. The number of carbonyl (C=O) groups excluding carboxylic acids is 3. The van der Waals surface area contributed by atoms with Crippen LogP contribution in [-0.2, 0) is 14.4 Å². The zero-order chi connectivity index (χ0) is 27.5. The summed E-state index contributed by atoms with van der Waals surface area (Å²) in [5, 5.41) is 13.1. The van der Waals surface area contributed by atoms with Crippen molar-refractivity contribution >= 4 is 40.6 Å². The van der Waals surface area contributed by atoms with Crippen LogP contribution in [0.3, 0.4) is 0 Å². The molecule has 2 rings (SSSR count). The minimum Gasteiger partial charge on any atom is -0.384 e. The Kier molecular flexibility index (Phi) is 11.3. The van der Waals surface area contributed by atoms with Crippen molar-refractivity contribution in [2.24, 2.45) is 21.5 Å². The van der Waals surface area contributed by atoms with E-state index in [1.807, 2.05) is 54.6 Å². The van der Waals surface area contributed by atoms with Crippen LogP contribution in [0.25, 0.3) is 0 Å². The summed E-state index contributed by atoms with van der Waals surface area (Å²) < 4.78 is 0. The molecule has 0 aliphatic rings. The van der Waals surface area contributed by atoms with Gasteiger partial charge in [0.05, 0.1) is 5.92 Å². The van der Waals surface area contributed by atoms with Crippen molar-refractivity contribution < 1.29 is 19.5 Å². The van der Waals surface area contributed by atoms with Gasteiger partial charge in [0.15, 0.2) is 11.1 Å². The summed E-state index contributed by atoms with van der Waals surface area (Å²) in [6.07, 6.45) is -0.635. The van der Waals surface area contributed by atoms with Gasteiger partial charge >= 0.3 is 0 Å². The number of hydrogen-bond acceptors (Lipinski definition) is 5. The minimum atomic E-state index is -0.966. The van der Waals surface area contributed by atoms with Crippen molar-refractivity contribution in [3.63, 3.8) is 0 Å². The molecule has 3 atom stereocenters. The van der Waals surface area contributed by atoms with Crippen LogP contribution in [0.15, 0.2) is 64.6 Å². The van der Waals surface area contributed by atoms with Gasteiger partial charge in [0.25, 0.3) is 5.91 Å². The molecule has 0 radical (unpaired) electrons. The summed E-state index contributed by atoms with van der Waals surface area (Å²) in [5.74, 6) is -1.54. The molecular formula is C26H34N6O4S. The molecule has 0 saturated carbocycles. The molecule has 6 N–H and O–H groups in total. The Morgan fingerprint density at radius 2 is 1.62 bits per heavy atom. The van der Waals surface area contributed by atoms with E-state index >= 15 is 0 Å². The first-order chi connectivity index (χ1) is 17.5. The maximum atomic E-state index is 12.9. The van der Waals surface area contributed by atoms with Crippen LogP contribution < -0.4 is 16.8 Å². The van der Waals surface area contributed by atoms with Crippen LogP contribution >= 0.6 is 11.8 Å². The summed E-state index contributed by atoms with van der Waals surface area (Å²) in [7, 11) is 3.32. The third kappa shape index (κ3) is 9.36. The Morgan fingerprint density at radius 1 is 1.00 bits per heavy atom. The number of nitrogens with two attached hydrogens (primary N) is 2. The zero-order valence-corrected chi connectivity index (χ0v) is 22.2. The van der Waals surface area contributed by atoms with Crippen molar-refractivity contribution in [1.29, 1.82) is 0 Å². The van der Waals surface area contributed by atoms with Crippen LogP contribution in [-0.4, -0.2) is 64.7 Å². The Labute approximate surface area is 221 Å². The molecule has 0 aromatic heterocycles. The molecule has 10 nitrogen and oxygen atoms in total. The summed E-state index contributed by atoms with van der Waals surface area (Å²) in [4.78, 5) is 46.1. The first-order valence-electron chi connectivity index (χ1n) is 11.7. The van der Waals surface area contributed by atoms with E-state index in [9.17, 15) is 19.5 Å². The smallest absolute Gasteiger partial charge is 0.271 e. The van der Waals surface area contributed by atoms with E-state index in [0.29, 0.717) is 5.56 Å². The van der Waals surface area contributed by atoms with E-state index in [0.717, 1.165) is 22.9 Å². The van der Waals surface area contributed by atoms with E-state index < -0.39 is 29.9 Å². The lowest BCUT2D eigenvalue weighted by molar-refractivity contribution is -0.126. The molecule has 11 heteroatoms. The number of aliphatic hydroxyl groups is 1. The van der Waals surface area contributed by atoms with Crippen LogP contribution in [0, 0.1) is 0 Å². The van der Waals surface area contributed by atoms with E-state index in [2.05, 4.69) is 15.3 Å². The monoisotopic (exact) mass is 526 g/mol. The molecule has 0 fully saturated rings. The number of rotatable bonds is 9. The maximum absolute atomic E-state index is 12.9. The SMILES string of the molecule is CC(=O)NC(CCSC(=O)C(C)c1cccc(C(O)c2ccccc2)c1)C(=O)N=C(N)N=C(N)N(C)C. The number of carbonyl (C=O) groups is 3. The number of nitrogens with one attached hydrogen (secondary N) is 1. The molecule has 0 saturated heterocycles. The molecular weight excluding hydrogens is 492 g/mol. The third-order valence-electron chi connectivity index (χ3n) is 5.43. The lowest BCUT2D eigenvalue weighted by Gasteiger charge is -2.17. The molecule has 0 heterocycles. The quantitative estimate of drug-likeness (QED) is 0.283. The average molecular weight is 527 g/mol. The highest BCUT2D eigenvalue weighted by molar-refractivity contribution is 8.13. The highest BCUT2D eigenvalue weighted by Gasteiger charge is 2.22. The van der Waals surface area contributed by atoms with Crippen molar-refractivity contribution in [2.75, 3.05) is 19.8 Å². The molecule has 0 aliphatic heterocycles. The van der Waals surface area contributed by atoms with E-state index in [1.54, 1.807) is 21.0 Å². The molecule has 3 unspecified atom stereocenters. The number of hydrogen-bond donors (Lipinski definition) is 4. The topological polar surface area (TPSA) is 163 Å². The van der Waals surface area contributed by atoms with Gasteiger partial charge in [-0.15, -0.1) is 0 Å². The van der Waals surface area contributed by atoms with E-state index in [-0.39, 0.29) is 29.2 Å². The second kappa shape index (κ2) is 14.1. The third-order valence-corrected chi connectivity index (χ3v) is 6.51. The van der Waals surface area contributed by atoms with Crippen LogP contribution in [0.4, 0.5) is 0 Å². The lowest BCUT2D eigenvalue weighted by Crippen LogP contribution is -2.40. The van der Waals surface area contributed by atoms with Gasteiger partial charge in [-0.3, -0.25) is 14.4 Å². The van der Waals surface area contributed by atoms with Crippen molar-refractivity contribution in [2.45, 2.75) is 38.3 Å². The largest absolute Gasteiger partial charge is 0.384 e. The van der Waals surface area contributed by atoms with Gasteiger partial charge in [-0.1, -0.05) is 73.3 Å². The average Bonchev–Trinajstić information content (AvgIpc) is 2.87.